The number of carboxylic acid groups (broad SMARTS) is 2. The third kappa shape index (κ3) is 5.96. The first kappa shape index (κ1) is 12.4. The van der Waals surface area contributed by atoms with Gasteiger partial charge in [-0.1, -0.05) is 6.08 Å². The van der Waals surface area contributed by atoms with Gasteiger partial charge in [-0.05, 0) is 0 Å². The Kier molecular flexibility index (Phi) is 6.06. The van der Waals surface area contributed by atoms with Crippen LogP contribution in [0.15, 0.2) is 24.3 Å². The fourth-order valence-corrected chi connectivity index (χ4v) is 0.739. The van der Waals surface area contributed by atoms with E-state index < -0.39 is 11.9 Å². The van der Waals surface area contributed by atoms with E-state index >= 15 is 0 Å². The number of carboxylic acids is 2. The number of hydrogen-bond donors (Lipinski definition) is 2. The van der Waals surface area contributed by atoms with Gasteiger partial charge in [-0.25, -0.2) is 9.59 Å². The van der Waals surface area contributed by atoms with Crippen LogP contribution in [0.2, 0.25) is 0 Å². The Hall–Kier alpha value is -1.62. The summed E-state index contributed by atoms with van der Waals surface area (Å²) in [5.41, 5.74) is -0.179. The molecule has 5 heteroatoms. The zero-order valence-corrected chi connectivity index (χ0v) is 7.60. The van der Waals surface area contributed by atoms with Gasteiger partial charge in [0.1, 0.15) is 0 Å². The first-order chi connectivity index (χ1) is 6.57. The summed E-state index contributed by atoms with van der Waals surface area (Å²) in [7, 11) is 0. The third-order valence-corrected chi connectivity index (χ3v) is 1.32. The molecule has 0 aliphatic rings. The Labute approximate surface area is 81.3 Å². The predicted molar refractivity (Wildman–Crippen MR) is 49.0 cm³/mol. The van der Waals surface area contributed by atoms with Crippen molar-refractivity contribution in [3.05, 3.63) is 24.3 Å². The highest BCUT2D eigenvalue weighted by atomic mass is 16.5. The van der Waals surface area contributed by atoms with E-state index in [1.165, 1.54) is 6.08 Å². The first-order valence-corrected chi connectivity index (χ1v) is 3.93. The molecular formula is C9H12O5. The van der Waals surface area contributed by atoms with Gasteiger partial charge in [-0.2, -0.15) is 0 Å². The maximum atomic E-state index is 10.5. The molecule has 14 heavy (non-hydrogen) atoms. The lowest BCUT2D eigenvalue weighted by Gasteiger charge is -2.01. The lowest BCUT2D eigenvalue weighted by molar-refractivity contribution is -0.135. The molecule has 0 aliphatic carbocycles. The number of carbonyl (C=O) groups is 2. The molecule has 5 nitrogen and oxygen atoms in total. The summed E-state index contributed by atoms with van der Waals surface area (Å²) in [5, 5.41) is 16.9. The second kappa shape index (κ2) is 6.85. The zero-order valence-electron chi connectivity index (χ0n) is 7.60. The maximum Gasteiger partial charge on any atom is 0.331 e. The van der Waals surface area contributed by atoms with E-state index in [-0.39, 0.29) is 18.6 Å². The summed E-state index contributed by atoms with van der Waals surface area (Å²) in [5.74, 6) is -2.51. The highest BCUT2D eigenvalue weighted by Crippen LogP contribution is 2.01. The minimum absolute atomic E-state index is 0.0650. The van der Waals surface area contributed by atoms with Gasteiger partial charge in [-0.15, -0.1) is 6.58 Å². The largest absolute Gasteiger partial charge is 0.478 e. The van der Waals surface area contributed by atoms with Crippen molar-refractivity contribution in [2.75, 3.05) is 13.2 Å². The van der Waals surface area contributed by atoms with Crippen LogP contribution in [0.25, 0.3) is 0 Å². The van der Waals surface area contributed by atoms with E-state index in [9.17, 15) is 9.59 Å². The quantitative estimate of drug-likeness (QED) is 0.358. The van der Waals surface area contributed by atoms with E-state index in [1.54, 1.807) is 0 Å². The molecule has 2 N–H and O–H groups in total. The minimum atomic E-state index is -1.27. The second-order valence-electron chi connectivity index (χ2n) is 2.43. The molecule has 0 radical (unpaired) electrons. The Morgan fingerprint density at radius 1 is 1.36 bits per heavy atom. The normalized spacial score (nSPS) is 11.0. The SMILES string of the molecule is C=CCOCCC(=CC(=O)O)C(=O)O. The molecule has 0 atom stereocenters. The highest BCUT2D eigenvalue weighted by molar-refractivity contribution is 5.94. The molecule has 0 aliphatic heterocycles. The summed E-state index contributed by atoms with van der Waals surface area (Å²) < 4.78 is 4.93. The van der Waals surface area contributed by atoms with Gasteiger partial charge in [0.05, 0.1) is 13.2 Å². The van der Waals surface area contributed by atoms with Crippen molar-refractivity contribution in [2.45, 2.75) is 6.42 Å². The Morgan fingerprint density at radius 2 is 2.00 bits per heavy atom. The number of ether oxygens (including phenoxy) is 1. The average Bonchev–Trinajstić information content (AvgIpc) is 2.09. The summed E-state index contributed by atoms with van der Waals surface area (Å²) in [6.07, 6.45) is 2.26. The molecule has 0 fully saturated rings. The standard InChI is InChI=1S/C9H12O5/c1-2-4-14-5-3-7(9(12)13)6-8(10)11/h2,6H,1,3-5H2,(H,10,11)(H,12,13). The van der Waals surface area contributed by atoms with E-state index in [1.807, 2.05) is 0 Å². The molecule has 0 rings (SSSR count). The highest BCUT2D eigenvalue weighted by Gasteiger charge is 2.08. The van der Waals surface area contributed by atoms with Gasteiger partial charge in [0.25, 0.3) is 0 Å². The molecule has 0 bridgehead atoms. The Balaban J connectivity index is 4.05. The molecule has 0 heterocycles. The van der Waals surface area contributed by atoms with Crippen LogP contribution in [-0.2, 0) is 14.3 Å². The third-order valence-electron chi connectivity index (χ3n) is 1.32. The monoisotopic (exact) mass is 200 g/mol. The lowest BCUT2D eigenvalue weighted by Crippen LogP contribution is -2.07. The second-order valence-corrected chi connectivity index (χ2v) is 2.43. The van der Waals surface area contributed by atoms with Crippen molar-refractivity contribution in [3.8, 4) is 0 Å². The Bertz CT molecular complexity index is 254. The van der Waals surface area contributed by atoms with Crippen molar-refractivity contribution < 1.29 is 24.5 Å². The molecule has 78 valence electrons. The molecule has 0 aromatic heterocycles. The molecule has 0 aromatic carbocycles. The smallest absolute Gasteiger partial charge is 0.331 e. The number of aliphatic carboxylic acids is 2. The van der Waals surface area contributed by atoms with E-state index in [4.69, 9.17) is 14.9 Å². The minimum Gasteiger partial charge on any atom is -0.478 e. The van der Waals surface area contributed by atoms with Crippen LogP contribution < -0.4 is 0 Å². The summed E-state index contributed by atoms with van der Waals surface area (Å²) in [4.78, 5) is 20.7. The summed E-state index contributed by atoms with van der Waals surface area (Å²) in [6, 6.07) is 0. The summed E-state index contributed by atoms with van der Waals surface area (Å²) >= 11 is 0. The van der Waals surface area contributed by atoms with Crippen LogP contribution in [0.1, 0.15) is 6.42 Å². The van der Waals surface area contributed by atoms with Crippen molar-refractivity contribution in [1.29, 1.82) is 0 Å². The number of hydrogen-bond acceptors (Lipinski definition) is 3. The molecule has 0 saturated carbocycles. The van der Waals surface area contributed by atoms with Crippen molar-refractivity contribution >= 4 is 11.9 Å². The van der Waals surface area contributed by atoms with Crippen LogP contribution >= 0.6 is 0 Å². The lowest BCUT2D eigenvalue weighted by atomic mass is 10.2. The fraction of sp³-hybridized carbons (Fsp3) is 0.333. The average molecular weight is 200 g/mol. The van der Waals surface area contributed by atoms with Crippen LogP contribution in [0.5, 0.6) is 0 Å². The van der Waals surface area contributed by atoms with Gasteiger partial charge in [0.15, 0.2) is 0 Å². The fourth-order valence-electron chi connectivity index (χ4n) is 0.739. The Morgan fingerprint density at radius 3 is 2.43 bits per heavy atom. The van der Waals surface area contributed by atoms with E-state index in [0.717, 1.165) is 0 Å². The molecular weight excluding hydrogens is 188 g/mol. The molecule has 0 spiro atoms. The van der Waals surface area contributed by atoms with Gasteiger partial charge in [0.2, 0.25) is 0 Å². The molecule has 0 aromatic rings. The van der Waals surface area contributed by atoms with E-state index in [0.29, 0.717) is 12.7 Å². The maximum absolute atomic E-state index is 10.5. The van der Waals surface area contributed by atoms with Crippen LogP contribution in [0.3, 0.4) is 0 Å². The molecule has 0 unspecified atom stereocenters. The van der Waals surface area contributed by atoms with Crippen molar-refractivity contribution in [3.63, 3.8) is 0 Å². The van der Waals surface area contributed by atoms with E-state index in [2.05, 4.69) is 6.58 Å². The predicted octanol–water partition coefficient (Wildman–Crippen LogP) is 0.675. The van der Waals surface area contributed by atoms with Crippen LogP contribution in [0, 0.1) is 0 Å². The van der Waals surface area contributed by atoms with Gasteiger partial charge in [0, 0.05) is 18.1 Å². The first-order valence-electron chi connectivity index (χ1n) is 3.93. The molecule has 0 amide bonds. The van der Waals surface area contributed by atoms with Crippen LogP contribution in [0.4, 0.5) is 0 Å². The van der Waals surface area contributed by atoms with Gasteiger partial charge >= 0.3 is 11.9 Å². The number of rotatable bonds is 7. The summed E-state index contributed by atoms with van der Waals surface area (Å²) in [6.45, 7) is 3.89. The van der Waals surface area contributed by atoms with Gasteiger partial charge < -0.3 is 14.9 Å². The molecule has 0 saturated heterocycles. The topological polar surface area (TPSA) is 83.8 Å². The zero-order chi connectivity index (χ0) is 11.0. The van der Waals surface area contributed by atoms with Gasteiger partial charge in [-0.3, -0.25) is 0 Å². The van der Waals surface area contributed by atoms with Crippen LogP contribution in [-0.4, -0.2) is 35.4 Å². The van der Waals surface area contributed by atoms with Crippen molar-refractivity contribution in [2.24, 2.45) is 0 Å². The van der Waals surface area contributed by atoms with Crippen molar-refractivity contribution in [1.82, 2.24) is 0 Å².